The van der Waals surface area contributed by atoms with E-state index in [-0.39, 0.29) is 11.7 Å². The molecule has 0 atom stereocenters. The SMILES string of the molecule is O=C(CN1CCCC1)NCc1ccc2c(c1)Oc1cc(C(F)(F)F)ccc1N2. The molecule has 2 N–H and O–H groups in total. The van der Waals surface area contributed by atoms with Gasteiger partial charge in [0, 0.05) is 6.54 Å². The van der Waals surface area contributed by atoms with E-state index in [0.29, 0.717) is 30.2 Å². The zero-order valence-electron chi connectivity index (χ0n) is 15.1. The van der Waals surface area contributed by atoms with Gasteiger partial charge in [-0.1, -0.05) is 6.07 Å². The van der Waals surface area contributed by atoms with Gasteiger partial charge in [0.2, 0.25) is 5.91 Å². The first-order chi connectivity index (χ1) is 13.4. The van der Waals surface area contributed by atoms with Crippen molar-refractivity contribution in [3.05, 3.63) is 47.5 Å². The summed E-state index contributed by atoms with van der Waals surface area (Å²) in [5.74, 6) is 0.509. The van der Waals surface area contributed by atoms with Gasteiger partial charge in [0.1, 0.15) is 0 Å². The molecule has 148 valence electrons. The van der Waals surface area contributed by atoms with Gasteiger partial charge in [-0.05, 0) is 61.8 Å². The van der Waals surface area contributed by atoms with Crippen LogP contribution in [-0.4, -0.2) is 30.4 Å². The van der Waals surface area contributed by atoms with Gasteiger partial charge >= 0.3 is 6.18 Å². The van der Waals surface area contributed by atoms with Crippen LogP contribution < -0.4 is 15.4 Å². The Kier molecular flexibility index (Phi) is 4.89. The van der Waals surface area contributed by atoms with E-state index in [1.807, 2.05) is 6.07 Å². The molecule has 2 heterocycles. The van der Waals surface area contributed by atoms with Gasteiger partial charge in [0.25, 0.3) is 0 Å². The Balaban J connectivity index is 1.43. The summed E-state index contributed by atoms with van der Waals surface area (Å²) in [5, 5.41) is 5.95. The van der Waals surface area contributed by atoms with E-state index in [2.05, 4.69) is 15.5 Å². The van der Waals surface area contributed by atoms with Crippen LogP contribution in [0.4, 0.5) is 24.5 Å². The fourth-order valence-corrected chi connectivity index (χ4v) is 3.41. The van der Waals surface area contributed by atoms with Crippen molar-refractivity contribution < 1.29 is 22.7 Å². The van der Waals surface area contributed by atoms with Gasteiger partial charge in [-0.3, -0.25) is 9.69 Å². The summed E-state index contributed by atoms with van der Waals surface area (Å²) in [6.07, 6.45) is -2.18. The smallest absolute Gasteiger partial charge is 0.416 e. The summed E-state index contributed by atoms with van der Waals surface area (Å²) in [6.45, 7) is 2.62. The fraction of sp³-hybridized carbons (Fsp3) is 0.350. The molecule has 0 aliphatic carbocycles. The number of benzene rings is 2. The number of hydrogen-bond acceptors (Lipinski definition) is 4. The Labute approximate surface area is 160 Å². The van der Waals surface area contributed by atoms with E-state index in [9.17, 15) is 18.0 Å². The number of hydrogen-bond donors (Lipinski definition) is 2. The second-order valence-electron chi connectivity index (χ2n) is 7.03. The highest BCUT2D eigenvalue weighted by Gasteiger charge is 2.32. The molecule has 0 unspecified atom stereocenters. The monoisotopic (exact) mass is 391 g/mol. The van der Waals surface area contributed by atoms with Gasteiger partial charge in [0.05, 0.1) is 23.5 Å². The Bertz CT molecular complexity index is 893. The van der Waals surface area contributed by atoms with Crippen molar-refractivity contribution in [2.75, 3.05) is 25.0 Å². The molecule has 0 saturated carbocycles. The van der Waals surface area contributed by atoms with Crippen LogP contribution >= 0.6 is 0 Å². The number of halogens is 3. The van der Waals surface area contributed by atoms with E-state index < -0.39 is 11.7 Å². The molecule has 0 aromatic heterocycles. The molecule has 1 saturated heterocycles. The lowest BCUT2D eigenvalue weighted by molar-refractivity contribution is -0.137. The molecule has 0 spiro atoms. The molecular weight excluding hydrogens is 371 g/mol. The molecule has 2 aliphatic heterocycles. The minimum atomic E-state index is -4.43. The van der Waals surface area contributed by atoms with Crippen molar-refractivity contribution in [2.45, 2.75) is 25.6 Å². The molecule has 0 bridgehead atoms. The van der Waals surface area contributed by atoms with Crippen molar-refractivity contribution in [3.63, 3.8) is 0 Å². The number of carbonyl (C=O) groups excluding carboxylic acids is 1. The van der Waals surface area contributed by atoms with E-state index in [1.54, 1.807) is 12.1 Å². The molecule has 4 rings (SSSR count). The maximum atomic E-state index is 12.9. The Hall–Kier alpha value is -2.74. The predicted octanol–water partition coefficient (Wildman–Crippen LogP) is 4.27. The van der Waals surface area contributed by atoms with Crippen LogP contribution in [0.2, 0.25) is 0 Å². The van der Waals surface area contributed by atoms with E-state index >= 15 is 0 Å². The van der Waals surface area contributed by atoms with Crippen molar-refractivity contribution in [1.29, 1.82) is 0 Å². The summed E-state index contributed by atoms with van der Waals surface area (Å²) < 4.78 is 44.4. The number of rotatable bonds is 4. The van der Waals surface area contributed by atoms with E-state index in [1.165, 1.54) is 6.07 Å². The minimum Gasteiger partial charge on any atom is -0.453 e. The number of nitrogens with zero attached hydrogens (tertiary/aromatic N) is 1. The third kappa shape index (κ3) is 4.06. The van der Waals surface area contributed by atoms with Crippen molar-refractivity contribution in [1.82, 2.24) is 10.2 Å². The van der Waals surface area contributed by atoms with Crippen LogP contribution in [0, 0.1) is 0 Å². The van der Waals surface area contributed by atoms with Gasteiger partial charge in [0.15, 0.2) is 11.5 Å². The van der Waals surface area contributed by atoms with Crippen LogP contribution in [0.3, 0.4) is 0 Å². The van der Waals surface area contributed by atoms with Gasteiger partial charge in [-0.25, -0.2) is 0 Å². The molecular formula is C20H20F3N3O2. The van der Waals surface area contributed by atoms with Crippen LogP contribution in [0.25, 0.3) is 0 Å². The molecule has 0 radical (unpaired) electrons. The number of carbonyl (C=O) groups is 1. The first-order valence-corrected chi connectivity index (χ1v) is 9.16. The molecule has 2 aromatic rings. The molecule has 2 aliphatic rings. The average molecular weight is 391 g/mol. The molecule has 1 amide bonds. The standard InChI is InChI=1S/C20H20F3N3O2/c21-20(22,23)14-4-6-16-18(10-14)28-17-9-13(3-5-15(17)25-16)11-24-19(27)12-26-7-1-2-8-26/h3-6,9-10,25H,1-2,7-8,11-12H2,(H,24,27). The first kappa shape index (κ1) is 18.6. The normalized spacial score (nSPS) is 16.0. The van der Waals surface area contributed by atoms with Crippen LogP contribution in [0.15, 0.2) is 36.4 Å². The highest BCUT2D eigenvalue weighted by Crippen LogP contribution is 2.44. The minimum absolute atomic E-state index is 0.0428. The maximum Gasteiger partial charge on any atom is 0.416 e. The summed E-state index contributed by atoms with van der Waals surface area (Å²) in [5.41, 5.74) is 1.19. The molecule has 5 nitrogen and oxygen atoms in total. The van der Waals surface area contributed by atoms with Crippen LogP contribution in [0.5, 0.6) is 11.5 Å². The predicted molar refractivity (Wildman–Crippen MR) is 98.8 cm³/mol. The lowest BCUT2D eigenvalue weighted by Crippen LogP contribution is -2.35. The topological polar surface area (TPSA) is 53.6 Å². The zero-order valence-corrected chi connectivity index (χ0v) is 15.1. The largest absolute Gasteiger partial charge is 0.453 e. The first-order valence-electron chi connectivity index (χ1n) is 9.16. The Morgan fingerprint density at radius 1 is 1.07 bits per heavy atom. The van der Waals surface area contributed by atoms with E-state index in [0.717, 1.165) is 43.6 Å². The number of alkyl halides is 3. The number of fused-ring (bicyclic) bond motifs is 2. The van der Waals surface area contributed by atoms with Crippen LogP contribution in [-0.2, 0) is 17.5 Å². The summed E-state index contributed by atoms with van der Waals surface area (Å²) in [4.78, 5) is 14.2. The highest BCUT2D eigenvalue weighted by molar-refractivity contribution is 5.78. The Morgan fingerprint density at radius 3 is 2.46 bits per heavy atom. The van der Waals surface area contributed by atoms with Crippen molar-refractivity contribution in [3.8, 4) is 11.5 Å². The average Bonchev–Trinajstić information content (AvgIpc) is 3.16. The lowest BCUT2D eigenvalue weighted by atomic mass is 10.1. The lowest BCUT2D eigenvalue weighted by Gasteiger charge is -2.23. The molecule has 2 aromatic carbocycles. The summed E-state index contributed by atoms with van der Waals surface area (Å²) in [6, 6.07) is 8.72. The molecule has 28 heavy (non-hydrogen) atoms. The number of anilines is 2. The zero-order chi connectivity index (χ0) is 19.7. The number of nitrogens with one attached hydrogen (secondary N) is 2. The number of amides is 1. The summed E-state index contributed by atoms with van der Waals surface area (Å²) in [7, 11) is 0. The van der Waals surface area contributed by atoms with E-state index in [4.69, 9.17) is 4.74 Å². The fourth-order valence-electron chi connectivity index (χ4n) is 3.41. The van der Waals surface area contributed by atoms with Crippen molar-refractivity contribution >= 4 is 17.3 Å². The third-order valence-corrected chi connectivity index (χ3v) is 4.90. The second-order valence-corrected chi connectivity index (χ2v) is 7.03. The summed E-state index contributed by atoms with van der Waals surface area (Å²) >= 11 is 0. The van der Waals surface area contributed by atoms with Crippen LogP contribution in [0.1, 0.15) is 24.0 Å². The second kappa shape index (κ2) is 7.35. The quantitative estimate of drug-likeness (QED) is 0.698. The number of ether oxygens (including phenoxy) is 1. The third-order valence-electron chi connectivity index (χ3n) is 4.90. The van der Waals surface area contributed by atoms with Gasteiger partial charge in [-0.2, -0.15) is 13.2 Å². The molecule has 8 heteroatoms. The highest BCUT2D eigenvalue weighted by atomic mass is 19.4. The Morgan fingerprint density at radius 2 is 1.75 bits per heavy atom. The van der Waals surface area contributed by atoms with Crippen molar-refractivity contribution in [2.24, 2.45) is 0 Å². The van der Waals surface area contributed by atoms with Gasteiger partial charge in [-0.15, -0.1) is 0 Å². The van der Waals surface area contributed by atoms with Gasteiger partial charge < -0.3 is 15.4 Å². The number of likely N-dealkylation sites (tertiary alicyclic amines) is 1. The molecule has 1 fully saturated rings. The maximum absolute atomic E-state index is 12.9.